The molecule has 0 aliphatic heterocycles. The predicted octanol–water partition coefficient (Wildman–Crippen LogP) is 3.73. The number of carboxylic acids is 1. The first-order valence-corrected chi connectivity index (χ1v) is 8.07. The van der Waals surface area contributed by atoms with E-state index >= 15 is 0 Å². The Morgan fingerprint density at radius 1 is 1.40 bits per heavy atom. The number of carboxylic acid groups (broad SMARTS) is 1. The number of hydrogen-bond donors (Lipinski definition) is 1. The first-order valence-electron chi connectivity index (χ1n) is 7.25. The molecule has 2 bridgehead atoms. The van der Waals surface area contributed by atoms with Gasteiger partial charge in [0.15, 0.2) is 0 Å². The van der Waals surface area contributed by atoms with E-state index in [1.807, 2.05) is 18.2 Å². The molecular formula is C16H17NO2S. The number of hydrogen-bond acceptors (Lipinski definition) is 3. The lowest BCUT2D eigenvalue weighted by Gasteiger charge is -2.32. The van der Waals surface area contributed by atoms with Crippen LogP contribution in [0.3, 0.4) is 0 Å². The van der Waals surface area contributed by atoms with Gasteiger partial charge in [-0.1, -0.05) is 18.6 Å². The van der Waals surface area contributed by atoms with E-state index < -0.39 is 11.4 Å². The molecule has 20 heavy (non-hydrogen) atoms. The summed E-state index contributed by atoms with van der Waals surface area (Å²) >= 11 is 1.65. The number of para-hydroxylation sites is 1. The Morgan fingerprint density at radius 3 is 2.90 bits per heavy atom. The average Bonchev–Trinajstić information content (AvgIpc) is 3.10. The zero-order chi connectivity index (χ0) is 13.7. The maximum absolute atomic E-state index is 11.9. The van der Waals surface area contributed by atoms with E-state index in [9.17, 15) is 9.90 Å². The van der Waals surface area contributed by atoms with Crippen LogP contribution < -0.4 is 0 Å². The number of nitrogens with zero attached hydrogens (tertiary/aromatic N) is 1. The van der Waals surface area contributed by atoms with E-state index in [1.165, 1.54) is 6.42 Å². The monoisotopic (exact) mass is 287 g/mol. The van der Waals surface area contributed by atoms with Crippen molar-refractivity contribution in [3.8, 4) is 0 Å². The number of rotatable bonds is 3. The maximum Gasteiger partial charge on any atom is 0.310 e. The number of carbonyl (C=O) groups is 1. The van der Waals surface area contributed by atoms with Crippen LogP contribution in [0, 0.1) is 17.3 Å². The molecule has 1 N–H and O–H groups in total. The van der Waals surface area contributed by atoms with Crippen LogP contribution in [0.5, 0.6) is 0 Å². The summed E-state index contributed by atoms with van der Waals surface area (Å²) in [6, 6.07) is 8.05. The molecule has 2 aliphatic rings. The molecule has 3 unspecified atom stereocenters. The Balaban J connectivity index is 1.70. The molecule has 0 amide bonds. The third-order valence-corrected chi connectivity index (χ3v) is 6.24. The lowest BCUT2D eigenvalue weighted by Crippen LogP contribution is -2.38. The van der Waals surface area contributed by atoms with Crippen LogP contribution in [0.15, 0.2) is 24.3 Å². The summed E-state index contributed by atoms with van der Waals surface area (Å²) in [5.41, 5.74) is 0.452. The SMILES string of the molecule is O=C(O)C1(Cc2nc3ccccc3s2)CC2CCC1C2. The van der Waals surface area contributed by atoms with Crippen molar-refractivity contribution in [1.29, 1.82) is 0 Å². The van der Waals surface area contributed by atoms with Gasteiger partial charge >= 0.3 is 5.97 Å². The Labute approximate surface area is 121 Å². The van der Waals surface area contributed by atoms with E-state index in [4.69, 9.17) is 0 Å². The highest BCUT2D eigenvalue weighted by Gasteiger charge is 2.56. The third-order valence-electron chi connectivity index (χ3n) is 5.21. The fourth-order valence-corrected chi connectivity index (χ4v) is 5.36. The van der Waals surface area contributed by atoms with Gasteiger partial charge in [-0.15, -0.1) is 11.3 Å². The number of fused-ring (bicyclic) bond motifs is 3. The molecule has 104 valence electrons. The summed E-state index contributed by atoms with van der Waals surface area (Å²) in [7, 11) is 0. The van der Waals surface area contributed by atoms with Crippen LogP contribution in [0.1, 0.15) is 30.7 Å². The summed E-state index contributed by atoms with van der Waals surface area (Å²) in [6.45, 7) is 0. The Hall–Kier alpha value is -1.42. The molecule has 1 aromatic carbocycles. The van der Waals surface area contributed by atoms with Crippen molar-refractivity contribution in [3.05, 3.63) is 29.3 Å². The molecule has 3 atom stereocenters. The zero-order valence-corrected chi connectivity index (χ0v) is 12.0. The van der Waals surface area contributed by atoms with E-state index in [0.29, 0.717) is 18.3 Å². The molecule has 2 fully saturated rings. The van der Waals surface area contributed by atoms with Crippen molar-refractivity contribution in [3.63, 3.8) is 0 Å². The van der Waals surface area contributed by atoms with Gasteiger partial charge in [0, 0.05) is 6.42 Å². The van der Waals surface area contributed by atoms with Gasteiger partial charge < -0.3 is 5.11 Å². The molecule has 2 aliphatic carbocycles. The predicted molar refractivity (Wildman–Crippen MR) is 78.8 cm³/mol. The topological polar surface area (TPSA) is 50.2 Å². The first-order chi connectivity index (χ1) is 9.67. The number of benzene rings is 1. The molecule has 0 saturated heterocycles. The van der Waals surface area contributed by atoms with Crippen LogP contribution in [-0.2, 0) is 11.2 Å². The summed E-state index contributed by atoms with van der Waals surface area (Å²) in [6.07, 6.45) is 4.88. The second kappa shape index (κ2) is 4.29. The maximum atomic E-state index is 11.9. The first kappa shape index (κ1) is 12.3. The lowest BCUT2D eigenvalue weighted by molar-refractivity contribution is -0.152. The molecule has 4 heteroatoms. The molecular weight excluding hydrogens is 270 g/mol. The fourth-order valence-electron chi connectivity index (χ4n) is 4.26. The standard InChI is InChI=1S/C16H17NO2S/c18-15(19)16(8-10-5-6-11(16)7-10)9-14-17-12-3-1-2-4-13(12)20-14/h1-4,10-11H,5-9H2,(H,18,19). The van der Waals surface area contributed by atoms with Crippen molar-refractivity contribution >= 4 is 27.5 Å². The van der Waals surface area contributed by atoms with Crippen molar-refractivity contribution in [2.24, 2.45) is 17.3 Å². The zero-order valence-electron chi connectivity index (χ0n) is 11.2. The quantitative estimate of drug-likeness (QED) is 0.935. The van der Waals surface area contributed by atoms with Gasteiger partial charge in [-0.3, -0.25) is 4.79 Å². The van der Waals surface area contributed by atoms with Gasteiger partial charge in [-0.05, 0) is 43.2 Å². The van der Waals surface area contributed by atoms with Gasteiger partial charge in [-0.2, -0.15) is 0 Å². The number of aliphatic carboxylic acids is 1. The van der Waals surface area contributed by atoms with Gasteiger partial charge in [0.25, 0.3) is 0 Å². The summed E-state index contributed by atoms with van der Waals surface area (Å²) in [5.74, 6) is 0.381. The van der Waals surface area contributed by atoms with Gasteiger partial charge in [0.05, 0.1) is 20.6 Å². The molecule has 2 saturated carbocycles. The van der Waals surface area contributed by atoms with E-state index in [-0.39, 0.29) is 0 Å². The van der Waals surface area contributed by atoms with Gasteiger partial charge in [0.2, 0.25) is 0 Å². The smallest absolute Gasteiger partial charge is 0.310 e. The van der Waals surface area contributed by atoms with E-state index in [2.05, 4.69) is 11.1 Å². The highest BCUT2D eigenvalue weighted by Crippen LogP contribution is 2.57. The highest BCUT2D eigenvalue weighted by atomic mass is 32.1. The Morgan fingerprint density at radius 2 is 2.25 bits per heavy atom. The second-order valence-electron chi connectivity index (χ2n) is 6.29. The Bertz CT molecular complexity index is 647. The molecule has 2 aromatic rings. The molecule has 4 rings (SSSR count). The number of thiazole rings is 1. The van der Waals surface area contributed by atoms with Gasteiger partial charge in [0.1, 0.15) is 0 Å². The molecule has 3 nitrogen and oxygen atoms in total. The summed E-state index contributed by atoms with van der Waals surface area (Å²) in [4.78, 5) is 16.6. The lowest BCUT2D eigenvalue weighted by atomic mass is 9.71. The molecule has 0 spiro atoms. The summed E-state index contributed by atoms with van der Waals surface area (Å²) < 4.78 is 1.16. The fraction of sp³-hybridized carbons (Fsp3) is 0.500. The molecule has 0 radical (unpaired) electrons. The van der Waals surface area contributed by atoms with E-state index in [1.54, 1.807) is 11.3 Å². The van der Waals surface area contributed by atoms with Gasteiger partial charge in [-0.25, -0.2) is 4.98 Å². The minimum absolute atomic E-state index is 0.358. The molecule has 1 aromatic heterocycles. The Kier molecular flexibility index (Phi) is 2.64. The van der Waals surface area contributed by atoms with E-state index in [0.717, 1.165) is 34.5 Å². The number of aromatic nitrogens is 1. The molecule has 1 heterocycles. The third kappa shape index (κ3) is 1.71. The highest BCUT2D eigenvalue weighted by molar-refractivity contribution is 7.18. The largest absolute Gasteiger partial charge is 0.481 e. The minimum atomic E-state index is -0.607. The van der Waals surface area contributed by atoms with Crippen LogP contribution in [0.25, 0.3) is 10.2 Å². The van der Waals surface area contributed by atoms with Crippen molar-refractivity contribution < 1.29 is 9.90 Å². The van der Waals surface area contributed by atoms with Crippen molar-refractivity contribution in [1.82, 2.24) is 4.98 Å². The minimum Gasteiger partial charge on any atom is -0.481 e. The van der Waals surface area contributed by atoms with Crippen LogP contribution in [-0.4, -0.2) is 16.1 Å². The van der Waals surface area contributed by atoms with Crippen LogP contribution >= 0.6 is 11.3 Å². The average molecular weight is 287 g/mol. The summed E-state index contributed by atoms with van der Waals surface area (Å²) in [5, 5.41) is 10.8. The van der Waals surface area contributed by atoms with Crippen LogP contribution in [0.2, 0.25) is 0 Å². The second-order valence-corrected chi connectivity index (χ2v) is 7.41. The van der Waals surface area contributed by atoms with Crippen molar-refractivity contribution in [2.45, 2.75) is 32.1 Å². The normalized spacial score (nSPS) is 32.0. The van der Waals surface area contributed by atoms with Crippen molar-refractivity contribution in [2.75, 3.05) is 0 Å². The van der Waals surface area contributed by atoms with Crippen LogP contribution in [0.4, 0.5) is 0 Å².